The van der Waals surface area contributed by atoms with Gasteiger partial charge in [0, 0.05) is 15.0 Å². The number of fused-ring (bicyclic) bond motifs is 1. The predicted octanol–water partition coefficient (Wildman–Crippen LogP) is 3.36. The molecule has 0 amide bonds. The van der Waals surface area contributed by atoms with Crippen molar-refractivity contribution in [1.29, 1.82) is 0 Å². The zero-order valence-corrected chi connectivity index (χ0v) is 8.75. The third-order valence-corrected chi connectivity index (χ3v) is 3.47. The largest absolute Gasteiger partial charge is 0.392 e. The number of benzene rings is 1. The fourth-order valence-electron chi connectivity index (χ4n) is 1.37. The minimum atomic E-state index is 0.00364. The highest BCUT2D eigenvalue weighted by Crippen LogP contribution is 2.33. The van der Waals surface area contributed by atoms with Crippen molar-refractivity contribution < 1.29 is 5.11 Å². The maximum Gasteiger partial charge on any atom is 0.0696 e. The minimum Gasteiger partial charge on any atom is -0.392 e. The molecule has 0 atom stereocenters. The normalized spacial score (nSPS) is 11.0. The van der Waals surface area contributed by atoms with E-state index in [1.54, 1.807) is 11.3 Å². The van der Waals surface area contributed by atoms with Gasteiger partial charge in [-0.15, -0.1) is 11.3 Å². The lowest BCUT2D eigenvalue weighted by atomic mass is 10.2. The molecule has 0 aliphatic rings. The minimum absolute atomic E-state index is 0.00364. The van der Waals surface area contributed by atoms with Gasteiger partial charge >= 0.3 is 0 Å². The van der Waals surface area contributed by atoms with E-state index in [0.717, 1.165) is 10.9 Å². The van der Waals surface area contributed by atoms with E-state index in [1.165, 1.54) is 9.58 Å². The molecule has 1 aromatic heterocycles. The summed E-state index contributed by atoms with van der Waals surface area (Å²) in [5.74, 6) is 0. The molecule has 0 fully saturated rings. The number of thiophene rings is 1. The fourth-order valence-corrected chi connectivity index (χ4v) is 2.64. The van der Waals surface area contributed by atoms with Crippen molar-refractivity contribution in [2.75, 3.05) is 0 Å². The van der Waals surface area contributed by atoms with Crippen LogP contribution in [0.4, 0.5) is 0 Å². The molecule has 0 bridgehead atoms. The van der Waals surface area contributed by atoms with E-state index in [4.69, 9.17) is 16.7 Å². The van der Waals surface area contributed by atoms with Gasteiger partial charge in [-0.1, -0.05) is 17.7 Å². The number of rotatable bonds is 1. The molecular weight excluding hydrogens is 204 g/mol. The van der Waals surface area contributed by atoms with Gasteiger partial charge in [-0.05, 0) is 24.6 Å². The highest BCUT2D eigenvalue weighted by molar-refractivity contribution is 7.19. The van der Waals surface area contributed by atoms with E-state index in [9.17, 15) is 0 Å². The molecule has 0 unspecified atom stereocenters. The molecule has 0 radical (unpaired) electrons. The first kappa shape index (κ1) is 9.00. The number of aliphatic hydroxyl groups excluding tert-OH is 1. The summed E-state index contributed by atoms with van der Waals surface area (Å²) in [5, 5.41) is 10.7. The van der Waals surface area contributed by atoms with Crippen molar-refractivity contribution in [3.05, 3.63) is 33.7 Å². The van der Waals surface area contributed by atoms with Crippen LogP contribution in [-0.2, 0) is 6.61 Å². The average molecular weight is 213 g/mol. The van der Waals surface area contributed by atoms with E-state index in [2.05, 4.69) is 13.0 Å². The molecule has 1 nitrogen and oxygen atoms in total. The van der Waals surface area contributed by atoms with Crippen LogP contribution in [0.15, 0.2) is 18.2 Å². The molecular formula is C10H9ClOS. The monoisotopic (exact) mass is 212 g/mol. The SMILES string of the molecule is Cc1cc2c(Cl)c(CO)ccc2s1. The fraction of sp³-hybridized carbons (Fsp3) is 0.200. The summed E-state index contributed by atoms with van der Waals surface area (Å²) in [6.07, 6.45) is 0. The molecule has 68 valence electrons. The lowest BCUT2D eigenvalue weighted by molar-refractivity contribution is 0.282. The zero-order chi connectivity index (χ0) is 9.42. The molecule has 0 saturated carbocycles. The molecule has 3 heteroatoms. The van der Waals surface area contributed by atoms with Crippen molar-refractivity contribution >= 4 is 33.0 Å². The zero-order valence-electron chi connectivity index (χ0n) is 7.17. The first-order chi connectivity index (χ1) is 6.22. The molecule has 13 heavy (non-hydrogen) atoms. The summed E-state index contributed by atoms with van der Waals surface area (Å²) in [6, 6.07) is 5.94. The lowest BCUT2D eigenvalue weighted by Gasteiger charge is -2.00. The molecule has 2 rings (SSSR count). The van der Waals surface area contributed by atoms with Gasteiger partial charge in [0.1, 0.15) is 0 Å². The molecule has 1 heterocycles. The third kappa shape index (κ3) is 1.46. The van der Waals surface area contributed by atoms with Crippen LogP contribution >= 0.6 is 22.9 Å². The van der Waals surface area contributed by atoms with E-state index in [-0.39, 0.29) is 6.61 Å². The van der Waals surface area contributed by atoms with Crippen LogP contribution in [0, 0.1) is 6.92 Å². The van der Waals surface area contributed by atoms with Gasteiger partial charge in [0.15, 0.2) is 0 Å². The van der Waals surface area contributed by atoms with Crippen molar-refractivity contribution in [3.8, 4) is 0 Å². The smallest absolute Gasteiger partial charge is 0.0696 e. The van der Waals surface area contributed by atoms with Gasteiger partial charge in [-0.25, -0.2) is 0 Å². The predicted molar refractivity (Wildman–Crippen MR) is 57.5 cm³/mol. The lowest BCUT2D eigenvalue weighted by Crippen LogP contribution is -1.83. The number of hydrogen-bond donors (Lipinski definition) is 1. The molecule has 0 spiro atoms. The van der Waals surface area contributed by atoms with Crippen molar-refractivity contribution in [2.24, 2.45) is 0 Å². The summed E-state index contributed by atoms with van der Waals surface area (Å²) in [7, 11) is 0. The second-order valence-corrected chi connectivity index (χ2v) is 4.63. The van der Waals surface area contributed by atoms with Gasteiger partial charge in [0.2, 0.25) is 0 Å². The van der Waals surface area contributed by atoms with E-state index in [1.807, 2.05) is 12.1 Å². The Hall–Kier alpha value is -0.570. The van der Waals surface area contributed by atoms with Crippen LogP contribution in [-0.4, -0.2) is 5.11 Å². The van der Waals surface area contributed by atoms with Crippen molar-refractivity contribution in [3.63, 3.8) is 0 Å². The summed E-state index contributed by atoms with van der Waals surface area (Å²) in [5.41, 5.74) is 0.798. The summed E-state index contributed by atoms with van der Waals surface area (Å²) in [6.45, 7) is 2.06. The van der Waals surface area contributed by atoms with Gasteiger partial charge < -0.3 is 5.11 Å². The first-order valence-electron chi connectivity index (χ1n) is 4.01. The van der Waals surface area contributed by atoms with Crippen molar-refractivity contribution in [1.82, 2.24) is 0 Å². The highest BCUT2D eigenvalue weighted by Gasteiger charge is 2.06. The maximum atomic E-state index is 9.00. The topological polar surface area (TPSA) is 20.2 Å². The quantitative estimate of drug-likeness (QED) is 0.769. The standard InChI is InChI=1S/C10H9ClOS/c1-6-4-8-9(13-6)3-2-7(5-12)10(8)11/h2-4,12H,5H2,1H3. The van der Waals surface area contributed by atoms with Crippen LogP contribution in [0.2, 0.25) is 5.02 Å². The Balaban J connectivity index is 2.78. The number of hydrogen-bond acceptors (Lipinski definition) is 2. The van der Waals surface area contributed by atoms with Crippen LogP contribution in [0.25, 0.3) is 10.1 Å². The van der Waals surface area contributed by atoms with E-state index >= 15 is 0 Å². The second kappa shape index (κ2) is 3.29. The Labute approximate surface area is 85.6 Å². The van der Waals surface area contributed by atoms with E-state index in [0.29, 0.717) is 5.02 Å². The second-order valence-electron chi connectivity index (χ2n) is 2.97. The van der Waals surface area contributed by atoms with E-state index < -0.39 is 0 Å². The maximum absolute atomic E-state index is 9.00. The van der Waals surface area contributed by atoms with Gasteiger partial charge in [-0.3, -0.25) is 0 Å². The summed E-state index contributed by atoms with van der Waals surface area (Å²) >= 11 is 7.82. The molecule has 1 N–H and O–H groups in total. The number of aliphatic hydroxyl groups is 1. The Bertz CT molecular complexity index is 447. The Kier molecular flexibility index (Phi) is 2.28. The third-order valence-electron chi connectivity index (χ3n) is 2.01. The van der Waals surface area contributed by atoms with Crippen molar-refractivity contribution in [2.45, 2.75) is 13.5 Å². The number of halogens is 1. The molecule has 2 aromatic rings. The Morgan fingerprint density at radius 1 is 1.46 bits per heavy atom. The molecule has 1 aromatic carbocycles. The van der Waals surface area contributed by atoms with Gasteiger partial charge in [0.05, 0.1) is 11.6 Å². The summed E-state index contributed by atoms with van der Waals surface area (Å²) in [4.78, 5) is 1.24. The molecule has 0 saturated heterocycles. The molecule has 0 aliphatic carbocycles. The average Bonchev–Trinajstić information content (AvgIpc) is 2.47. The van der Waals surface area contributed by atoms with Gasteiger partial charge in [0.25, 0.3) is 0 Å². The van der Waals surface area contributed by atoms with Crippen LogP contribution < -0.4 is 0 Å². The van der Waals surface area contributed by atoms with Crippen LogP contribution in [0.3, 0.4) is 0 Å². The molecule has 0 aliphatic heterocycles. The number of aryl methyl sites for hydroxylation is 1. The first-order valence-corrected chi connectivity index (χ1v) is 5.20. The van der Waals surface area contributed by atoms with Crippen LogP contribution in [0.5, 0.6) is 0 Å². The highest BCUT2D eigenvalue weighted by atomic mass is 35.5. The Morgan fingerprint density at radius 2 is 2.23 bits per heavy atom. The van der Waals surface area contributed by atoms with Crippen LogP contribution in [0.1, 0.15) is 10.4 Å². The van der Waals surface area contributed by atoms with Gasteiger partial charge in [-0.2, -0.15) is 0 Å². The Morgan fingerprint density at radius 3 is 2.92 bits per heavy atom. The summed E-state index contributed by atoms with van der Waals surface area (Å²) < 4.78 is 1.18.